The lowest BCUT2D eigenvalue weighted by Gasteiger charge is -2.08. The lowest BCUT2D eigenvalue weighted by Crippen LogP contribution is -2.16. The molecule has 0 N–H and O–H groups in total. The van der Waals surface area contributed by atoms with Gasteiger partial charge in [0.15, 0.2) is 0 Å². The zero-order valence-corrected chi connectivity index (χ0v) is 16.7. The van der Waals surface area contributed by atoms with Crippen LogP contribution < -0.4 is 5.56 Å². The van der Waals surface area contributed by atoms with Crippen molar-refractivity contribution in [3.63, 3.8) is 0 Å². The van der Waals surface area contributed by atoms with Crippen molar-refractivity contribution in [2.75, 3.05) is 0 Å². The first-order valence-electron chi connectivity index (χ1n) is 9.79. The van der Waals surface area contributed by atoms with Gasteiger partial charge in [0.25, 0.3) is 5.56 Å². The Morgan fingerprint density at radius 1 is 0.968 bits per heavy atom. The van der Waals surface area contributed by atoms with Crippen LogP contribution in [0, 0.1) is 6.92 Å². The molecule has 0 spiro atoms. The van der Waals surface area contributed by atoms with E-state index in [1.54, 1.807) is 36.5 Å². The maximum Gasteiger partial charge on any atom is 0.338 e. The summed E-state index contributed by atoms with van der Waals surface area (Å²) in [7, 11) is 0. The fourth-order valence-corrected chi connectivity index (χ4v) is 3.63. The van der Waals surface area contributed by atoms with Crippen LogP contribution in [-0.4, -0.2) is 24.9 Å². The van der Waals surface area contributed by atoms with Gasteiger partial charge in [0.1, 0.15) is 18.1 Å². The average molecular weight is 410 g/mol. The van der Waals surface area contributed by atoms with Gasteiger partial charge in [-0.2, -0.15) is 0 Å². The van der Waals surface area contributed by atoms with Crippen LogP contribution in [-0.2, 0) is 11.3 Å². The summed E-state index contributed by atoms with van der Waals surface area (Å²) in [6.07, 6.45) is 1.65. The molecular formula is C24H18N4O3. The molecule has 0 aliphatic carbocycles. The zero-order valence-electron chi connectivity index (χ0n) is 16.7. The molecule has 0 atom stereocenters. The van der Waals surface area contributed by atoms with Crippen LogP contribution >= 0.6 is 0 Å². The summed E-state index contributed by atoms with van der Waals surface area (Å²) >= 11 is 0. The third-order valence-corrected chi connectivity index (χ3v) is 5.05. The number of carbonyl (C=O) groups is 1. The number of aryl methyl sites for hydroxylation is 1. The third-order valence-electron chi connectivity index (χ3n) is 5.05. The van der Waals surface area contributed by atoms with Gasteiger partial charge in [-0.05, 0) is 49.4 Å². The molecule has 0 aliphatic rings. The number of carbonyl (C=O) groups excluding carboxylic acids is 1. The molecule has 0 unspecified atom stereocenters. The third kappa shape index (κ3) is 3.46. The minimum Gasteiger partial charge on any atom is -0.456 e. The van der Waals surface area contributed by atoms with Crippen molar-refractivity contribution in [1.29, 1.82) is 0 Å². The van der Waals surface area contributed by atoms with Gasteiger partial charge in [0.2, 0.25) is 0 Å². The number of para-hydroxylation sites is 1. The monoisotopic (exact) mass is 410 g/mol. The smallest absolute Gasteiger partial charge is 0.338 e. The Morgan fingerprint density at radius 3 is 2.61 bits per heavy atom. The highest BCUT2D eigenvalue weighted by Gasteiger charge is 2.14. The number of aromatic nitrogens is 4. The van der Waals surface area contributed by atoms with Crippen LogP contribution in [0.1, 0.15) is 21.9 Å². The predicted molar refractivity (Wildman–Crippen MR) is 116 cm³/mol. The van der Waals surface area contributed by atoms with Crippen LogP contribution in [0.3, 0.4) is 0 Å². The minimum absolute atomic E-state index is 0.0883. The number of ether oxygens (including phenoxy) is 1. The highest BCUT2D eigenvalue weighted by molar-refractivity contribution is 5.94. The highest BCUT2D eigenvalue weighted by Crippen LogP contribution is 2.22. The van der Waals surface area contributed by atoms with Gasteiger partial charge in [0.05, 0.1) is 22.3 Å². The van der Waals surface area contributed by atoms with Crippen LogP contribution in [0.5, 0.6) is 0 Å². The van der Waals surface area contributed by atoms with E-state index in [-0.39, 0.29) is 12.2 Å². The molecule has 0 saturated heterocycles. The summed E-state index contributed by atoms with van der Waals surface area (Å²) in [5.41, 5.74) is 3.69. The molecule has 3 aromatic heterocycles. The van der Waals surface area contributed by atoms with Crippen LogP contribution in [0.25, 0.3) is 22.4 Å². The first-order chi connectivity index (χ1) is 15.1. The van der Waals surface area contributed by atoms with Gasteiger partial charge in [0, 0.05) is 18.0 Å². The quantitative estimate of drug-likeness (QED) is 0.422. The van der Waals surface area contributed by atoms with E-state index in [0.717, 1.165) is 17.0 Å². The highest BCUT2D eigenvalue weighted by atomic mass is 16.5. The Hall–Kier alpha value is -4.26. The molecule has 5 rings (SSSR count). The Kier molecular flexibility index (Phi) is 4.55. The number of imidazole rings is 1. The second-order valence-corrected chi connectivity index (χ2v) is 7.12. The first-order valence-corrected chi connectivity index (χ1v) is 9.79. The van der Waals surface area contributed by atoms with E-state index in [1.165, 1.54) is 10.5 Å². The predicted octanol–water partition coefficient (Wildman–Crippen LogP) is 3.70. The van der Waals surface area contributed by atoms with Crippen molar-refractivity contribution in [3.8, 4) is 5.69 Å². The Labute approximate surface area is 177 Å². The van der Waals surface area contributed by atoms with Gasteiger partial charge < -0.3 is 4.74 Å². The van der Waals surface area contributed by atoms with E-state index in [4.69, 9.17) is 4.74 Å². The lowest BCUT2D eigenvalue weighted by molar-refractivity contribution is 0.0468. The molecular weight excluding hydrogens is 392 g/mol. The van der Waals surface area contributed by atoms with E-state index >= 15 is 0 Å². The van der Waals surface area contributed by atoms with Crippen molar-refractivity contribution >= 4 is 22.6 Å². The second-order valence-electron chi connectivity index (χ2n) is 7.12. The van der Waals surface area contributed by atoms with Gasteiger partial charge in [-0.3, -0.25) is 13.8 Å². The molecule has 0 radical (unpaired) electrons. The number of pyridine rings is 1. The van der Waals surface area contributed by atoms with Crippen molar-refractivity contribution < 1.29 is 9.53 Å². The normalized spacial score (nSPS) is 11.1. The SMILES string of the molecule is Cc1nc2cc(C(=O)OCc3cc(=O)n4ccccc4n3)ccc2n1-c1ccccc1. The average Bonchev–Trinajstić information content (AvgIpc) is 3.13. The number of hydrogen-bond acceptors (Lipinski definition) is 5. The van der Waals surface area contributed by atoms with Crippen molar-refractivity contribution in [2.24, 2.45) is 0 Å². The first kappa shape index (κ1) is 18.7. The summed E-state index contributed by atoms with van der Waals surface area (Å²) < 4.78 is 8.88. The van der Waals surface area contributed by atoms with E-state index in [0.29, 0.717) is 22.4 Å². The van der Waals surface area contributed by atoms with E-state index in [2.05, 4.69) is 9.97 Å². The van der Waals surface area contributed by atoms with Crippen molar-refractivity contribution in [1.82, 2.24) is 18.9 Å². The maximum atomic E-state index is 12.6. The number of hydrogen-bond donors (Lipinski definition) is 0. The Morgan fingerprint density at radius 2 is 1.77 bits per heavy atom. The van der Waals surface area contributed by atoms with Gasteiger partial charge >= 0.3 is 5.97 Å². The van der Waals surface area contributed by atoms with Crippen molar-refractivity contribution in [3.05, 3.63) is 106 Å². The molecule has 0 fully saturated rings. The lowest BCUT2D eigenvalue weighted by atomic mass is 10.2. The molecule has 5 aromatic rings. The van der Waals surface area contributed by atoms with Gasteiger partial charge in [-0.1, -0.05) is 24.3 Å². The molecule has 152 valence electrons. The molecule has 0 amide bonds. The number of fused-ring (bicyclic) bond motifs is 2. The number of esters is 1. The van der Waals surface area contributed by atoms with Gasteiger partial charge in [-0.15, -0.1) is 0 Å². The van der Waals surface area contributed by atoms with Gasteiger partial charge in [-0.25, -0.2) is 14.8 Å². The van der Waals surface area contributed by atoms with E-state index < -0.39 is 5.97 Å². The van der Waals surface area contributed by atoms with E-state index in [9.17, 15) is 9.59 Å². The fourth-order valence-electron chi connectivity index (χ4n) is 3.63. The summed E-state index contributed by atoms with van der Waals surface area (Å²) in [6, 6.07) is 21.9. The molecule has 0 bridgehead atoms. The topological polar surface area (TPSA) is 78.5 Å². The second kappa shape index (κ2) is 7.53. The Balaban J connectivity index is 1.40. The fraction of sp³-hybridized carbons (Fsp3) is 0.0833. The van der Waals surface area contributed by atoms with Crippen LogP contribution in [0.4, 0.5) is 0 Å². The molecule has 3 heterocycles. The molecule has 7 nitrogen and oxygen atoms in total. The Bertz CT molecular complexity index is 1490. The van der Waals surface area contributed by atoms with Crippen LogP contribution in [0.15, 0.2) is 83.8 Å². The molecule has 31 heavy (non-hydrogen) atoms. The largest absolute Gasteiger partial charge is 0.456 e. The summed E-state index contributed by atoms with van der Waals surface area (Å²) in [4.78, 5) is 33.8. The minimum atomic E-state index is -0.496. The molecule has 7 heteroatoms. The van der Waals surface area contributed by atoms with Crippen molar-refractivity contribution in [2.45, 2.75) is 13.5 Å². The molecule has 0 saturated carbocycles. The van der Waals surface area contributed by atoms with Crippen LogP contribution in [0.2, 0.25) is 0 Å². The maximum absolute atomic E-state index is 12.6. The van der Waals surface area contributed by atoms with E-state index in [1.807, 2.05) is 47.9 Å². The zero-order chi connectivity index (χ0) is 21.4. The molecule has 0 aliphatic heterocycles. The number of benzene rings is 2. The number of nitrogens with zero attached hydrogens (tertiary/aromatic N) is 4. The number of rotatable bonds is 4. The summed E-state index contributed by atoms with van der Waals surface area (Å²) in [5, 5.41) is 0. The molecule has 2 aromatic carbocycles. The standard InChI is InChI=1S/C24H18N4O3/c1-16-25-20-13-17(10-11-21(20)28(16)19-7-3-2-4-8-19)24(30)31-15-18-14-23(29)27-12-6-5-9-22(27)26-18/h2-14H,15H2,1H3. The summed E-state index contributed by atoms with van der Waals surface area (Å²) in [5.74, 6) is 0.330. The summed E-state index contributed by atoms with van der Waals surface area (Å²) in [6.45, 7) is 1.84.